The molecular formula is C19H24ClN5O3. The molecule has 3 rings (SSSR count). The van der Waals surface area contributed by atoms with E-state index in [1.54, 1.807) is 24.1 Å². The molecule has 150 valence electrons. The minimum atomic E-state index is -0.284. The van der Waals surface area contributed by atoms with E-state index in [1.165, 1.54) is 0 Å². The van der Waals surface area contributed by atoms with Gasteiger partial charge in [0.1, 0.15) is 0 Å². The van der Waals surface area contributed by atoms with Crippen LogP contribution in [0.3, 0.4) is 0 Å². The van der Waals surface area contributed by atoms with E-state index in [4.69, 9.17) is 16.3 Å². The zero-order valence-electron chi connectivity index (χ0n) is 15.8. The van der Waals surface area contributed by atoms with Crippen molar-refractivity contribution in [3.63, 3.8) is 0 Å². The lowest BCUT2D eigenvalue weighted by Crippen LogP contribution is -2.41. The van der Waals surface area contributed by atoms with Gasteiger partial charge in [0.05, 0.1) is 25.3 Å². The Hall–Kier alpha value is -2.45. The van der Waals surface area contributed by atoms with Crippen molar-refractivity contribution < 1.29 is 14.3 Å². The molecule has 9 heteroatoms. The molecule has 28 heavy (non-hydrogen) atoms. The maximum atomic E-state index is 12.7. The summed E-state index contributed by atoms with van der Waals surface area (Å²) in [6, 6.07) is 7.35. The molecule has 1 fully saturated rings. The fourth-order valence-electron chi connectivity index (χ4n) is 3.25. The molecule has 1 N–H and O–H groups in total. The highest BCUT2D eigenvalue weighted by atomic mass is 35.5. The molecule has 2 aromatic rings. The maximum absolute atomic E-state index is 12.7. The quantitative estimate of drug-likeness (QED) is 0.708. The number of carbonyl (C=O) groups is 2. The molecular weight excluding hydrogens is 382 g/mol. The van der Waals surface area contributed by atoms with Crippen molar-refractivity contribution in [1.82, 2.24) is 25.2 Å². The van der Waals surface area contributed by atoms with Gasteiger partial charge in [0.15, 0.2) is 5.69 Å². The molecule has 8 nitrogen and oxygen atoms in total. The summed E-state index contributed by atoms with van der Waals surface area (Å²) in [6.45, 7) is 2.12. The van der Waals surface area contributed by atoms with Gasteiger partial charge in [-0.15, -0.1) is 5.10 Å². The van der Waals surface area contributed by atoms with Crippen LogP contribution in [-0.2, 0) is 16.0 Å². The first-order valence-corrected chi connectivity index (χ1v) is 9.66. The average Bonchev–Trinajstić information content (AvgIpc) is 3.19. The summed E-state index contributed by atoms with van der Waals surface area (Å²) < 4.78 is 6.60. The molecule has 0 radical (unpaired) electrons. The molecule has 0 bridgehead atoms. The second-order valence-corrected chi connectivity index (χ2v) is 7.21. The topological polar surface area (TPSA) is 89.4 Å². The van der Waals surface area contributed by atoms with Crippen LogP contribution in [-0.4, -0.2) is 65.1 Å². The Bertz CT molecular complexity index is 825. The smallest absolute Gasteiger partial charge is 0.273 e. The Labute approximate surface area is 168 Å². The number of piperidine rings is 1. The Balaban J connectivity index is 1.58. The van der Waals surface area contributed by atoms with Crippen molar-refractivity contribution in [2.24, 2.45) is 0 Å². The van der Waals surface area contributed by atoms with Crippen LogP contribution in [0.15, 0.2) is 30.5 Å². The normalized spacial score (nSPS) is 16.8. The fourth-order valence-corrected chi connectivity index (χ4v) is 3.46. The first kappa shape index (κ1) is 20.3. The Morgan fingerprint density at radius 2 is 2.25 bits per heavy atom. The van der Waals surface area contributed by atoms with Gasteiger partial charge in [-0.25, -0.2) is 4.68 Å². The minimum Gasteiger partial charge on any atom is -0.383 e. The van der Waals surface area contributed by atoms with Crippen LogP contribution < -0.4 is 5.32 Å². The average molecular weight is 406 g/mol. The highest BCUT2D eigenvalue weighted by Crippen LogP contribution is 2.22. The van der Waals surface area contributed by atoms with Gasteiger partial charge in [0, 0.05) is 31.8 Å². The zero-order valence-corrected chi connectivity index (χ0v) is 16.6. The van der Waals surface area contributed by atoms with Crippen LogP contribution in [0.4, 0.5) is 0 Å². The number of nitrogens with one attached hydrogen (secondary N) is 1. The second kappa shape index (κ2) is 9.66. The Kier molecular flexibility index (Phi) is 7.00. The molecule has 1 aromatic heterocycles. The summed E-state index contributed by atoms with van der Waals surface area (Å²) >= 11 is 6.00. The van der Waals surface area contributed by atoms with Crippen molar-refractivity contribution in [3.8, 4) is 0 Å². The number of aromatic nitrogens is 3. The van der Waals surface area contributed by atoms with Crippen molar-refractivity contribution in [3.05, 3.63) is 46.7 Å². The maximum Gasteiger partial charge on any atom is 0.273 e. The van der Waals surface area contributed by atoms with Crippen LogP contribution in [0.1, 0.15) is 34.9 Å². The van der Waals surface area contributed by atoms with E-state index in [1.807, 2.05) is 23.1 Å². The summed E-state index contributed by atoms with van der Waals surface area (Å²) in [5, 5.41) is 11.4. The van der Waals surface area contributed by atoms with Crippen molar-refractivity contribution in [2.75, 3.05) is 33.4 Å². The summed E-state index contributed by atoms with van der Waals surface area (Å²) in [5.74, 6) is -0.224. The third-order valence-corrected chi connectivity index (χ3v) is 4.94. The van der Waals surface area contributed by atoms with Crippen LogP contribution in [0.5, 0.6) is 0 Å². The molecule has 0 spiro atoms. The minimum absolute atomic E-state index is 0.00471. The van der Waals surface area contributed by atoms with Crippen LogP contribution in [0, 0.1) is 0 Å². The van der Waals surface area contributed by atoms with Gasteiger partial charge in [-0.3, -0.25) is 9.59 Å². The van der Waals surface area contributed by atoms with Crippen LogP contribution in [0.2, 0.25) is 5.02 Å². The molecule has 0 saturated carbocycles. The summed E-state index contributed by atoms with van der Waals surface area (Å²) in [6.07, 6.45) is 3.71. The van der Waals surface area contributed by atoms with Crippen molar-refractivity contribution in [2.45, 2.75) is 25.3 Å². The number of carbonyl (C=O) groups excluding carboxylic acids is 2. The number of halogens is 1. The van der Waals surface area contributed by atoms with Gasteiger partial charge in [-0.2, -0.15) is 0 Å². The fraction of sp³-hybridized carbons (Fsp3) is 0.474. The predicted octanol–water partition coefficient (Wildman–Crippen LogP) is 1.71. The molecule has 2 amide bonds. The van der Waals surface area contributed by atoms with Gasteiger partial charge < -0.3 is 15.0 Å². The van der Waals surface area contributed by atoms with Crippen molar-refractivity contribution in [1.29, 1.82) is 0 Å². The van der Waals surface area contributed by atoms with Gasteiger partial charge in [0.2, 0.25) is 5.91 Å². The number of likely N-dealkylation sites (tertiary alicyclic amines) is 1. The molecule has 0 aliphatic carbocycles. The largest absolute Gasteiger partial charge is 0.383 e. The van der Waals surface area contributed by atoms with E-state index >= 15 is 0 Å². The Morgan fingerprint density at radius 3 is 3.04 bits per heavy atom. The number of amides is 2. The third kappa shape index (κ3) is 5.30. The summed E-state index contributed by atoms with van der Waals surface area (Å²) in [4.78, 5) is 26.6. The monoisotopic (exact) mass is 405 g/mol. The molecule has 1 aliphatic heterocycles. The molecule has 1 atom stereocenters. The first-order chi connectivity index (χ1) is 13.6. The molecule has 1 saturated heterocycles. The molecule has 0 unspecified atom stereocenters. The molecule has 2 heterocycles. The third-order valence-electron chi connectivity index (χ3n) is 4.70. The van der Waals surface area contributed by atoms with E-state index < -0.39 is 0 Å². The standard InChI is InChI=1S/C19H24ClN5O3/c1-28-9-7-21-19(27)17-13-25(23-22-17)16-6-3-8-24(12-16)18(26)11-14-4-2-5-15(20)10-14/h2,4-5,10,13,16H,3,6-9,11-12H2,1H3,(H,21,27)/t16-/m0/s1. The predicted molar refractivity (Wildman–Crippen MR) is 104 cm³/mol. The SMILES string of the molecule is COCCNC(=O)c1cn([C@H]2CCCN(C(=O)Cc3cccc(Cl)c3)C2)nn1. The van der Waals surface area contributed by atoms with Gasteiger partial charge >= 0.3 is 0 Å². The highest BCUT2D eigenvalue weighted by Gasteiger charge is 2.26. The summed E-state index contributed by atoms with van der Waals surface area (Å²) in [5.41, 5.74) is 1.16. The number of benzene rings is 1. The van der Waals surface area contributed by atoms with Gasteiger partial charge in [0.25, 0.3) is 5.91 Å². The van der Waals surface area contributed by atoms with E-state index in [0.717, 1.165) is 24.9 Å². The molecule has 1 aromatic carbocycles. The Morgan fingerprint density at radius 1 is 1.39 bits per heavy atom. The lowest BCUT2D eigenvalue weighted by molar-refractivity contribution is -0.132. The van der Waals surface area contributed by atoms with Crippen LogP contribution in [0.25, 0.3) is 0 Å². The number of hydrogen-bond acceptors (Lipinski definition) is 5. The van der Waals surface area contributed by atoms with E-state index in [2.05, 4.69) is 15.6 Å². The molecule has 1 aliphatic rings. The number of ether oxygens (including phenoxy) is 1. The lowest BCUT2D eigenvalue weighted by Gasteiger charge is -2.32. The highest BCUT2D eigenvalue weighted by molar-refractivity contribution is 6.30. The van der Waals surface area contributed by atoms with Crippen molar-refractivity contribution >= 4 is 23.4 Å². The number of nitrogens with zero attached hydrogens (tertiary/aromatic N) is 4. The van der Waals surface area contributed by atoms with E-state index in [0.29, 0.717) is 31.1 Å². The number of methoxy groups -OCH3 is 1. The van der Waals surface area contributed by atoms with E-state index in [-0.39, 0.29) is 23.6 Å². The first-order valence-electron chi connectivity index (χ1n) is 9.28. The van der Waals surface area contributed by atoms with E-state index in [9.17, 15) is 9.59 Å². The summed E-state index contributed by atoms with van der Waals surface area (Å²) in [7, 11) is 1.57. The zero-order chi connectivity index (χ0) is 19.9. The number of rotatable bonds is 7. The second-order valence-electron chi connectivity index (χ2n) is 6.77. The number of hydrogen-bond donors (Lipinski definition) is 1. The van der Waals surface area contributed by atoms with Gasteiger partial charge in [-0.1, -0.05) is 28.9 Å². The van der Waals surface area contributed by atoms with Gasteiger partial charge in [-0.05, 0) is 30.5 Å². The van der Waals surface area contributed by atoms with Crippen LogP contribution >= 0.6 is 11.6 Å². The lowest BCUT2D eigenvalue weighted by atomic mass is 10.0.